The van der Waals surface area contributed by atoms with Crippen molar-refractivity contribution in [3.63, 3.8) is 0 Å². The van der Waals surface area contributed by atoms with Crippen LogP contribution in [0.25, 0.3) is 0 Å². The minimum atomic E-state index is 0.826. The van der Waals surface area contributed by atoms with E-state index in [-0.39, 0.29) is 0 Å². The van der Waals surface area contributed by atoms with Crippen LogP contribution in [0, 0.1) is 0 Å². The number of methoxy groups -OCH3 is 2. The summed E-state index contributed by atoms with van der Waals surface area (Å²) >= 11 is 6.98. The van der Waals surface area contributed by atoms with Crippen molar-refractivity contribution in [1.82, 2.24) is 0 Å². The molecule has 0 N–H and O–H groups in total. The molecule has 0 amide bonds. The number of unbranched alkanes of at least 4 members (excludes halogenated alkanes) is 1. The highest BCUT2D eigenvalue weighted by Gasteiger charge is 2.21. The summed E-state index contributed by atoms with van der Waals surface area (Å²) in [5.74, 6) is 1.69. The smallest absolute Gasteiger partial charge is 0.140 e. The van der Waals surface area contributed by atoms with Crippen molar-refractivity contribution in [2.45, 2.75) is 46.0 Å². The van der Waals surface area contributed by atoms with E-state index >= 15 is 0 Å². The zero-order chi connectivity index (χ0) is 18.8. The highest BCUT2D eigenvalue weighted by Crippen LogP contribution is 2.36. The second-order valence-corrected chi connectivity index (χ2v) is 7.40. The SMILES string of the molecule is C=C(CCCC=CBr)/C(C1=CCC/C(C)=C/C(Br)=C1OC)=C(\C)OC. The second kappa shape index (κ2) is 11.6. The van der Waals surface area contributed by atoms with E-state index in [1.165, 1.54) is 5.57 Å². The second-order valence-electron chi connectivity index (χ2n) is 6.02. The molecule has 0 aliphatic heterocycles. The molecular weight excluding hydrogens is 444 g/mol. The van der Waals surface area contributed by atoms with Crippen molar-refractivity contribution in [2.75, 3.05) is 14.2 Å². The molecule has 1 aliphatic rings. The first-order valence-corrected chi connectivity index (χ1v) is 10.2. The topological polar surface area (TPSA) is 18.5 Å². The van der Waals surface area contributed by atoms with Gasteiger partial charge in [-0.2, -0.15) is 0 Å². The molecule has 0 atom stereocenters. The first-order chi connectivity index (χ1) is 12.0. The third-order valence-electron chi connectivity index (χ3n) is 4.15. The van der Waals surface area contributed by atoms with Gasteiger partial charge in [-0.05, 0) is 78.5 Å². The summed E-state index contributed by atoms with van der Waals surface area (Å²) in [7, 11) is 3.41. The van der Waals surface area contributed by atoms with Crippen molar-refractivity contribution in [1.29, 1.82) is 0 Å². The Kier molecular flexibility index (Phi) is 10.2. The Morgan fingerprint density at radius 3 is 2.68 bits per heavy atom. The number of hydrogen-bond acceptors (Lipinski definition) is 2. The number of ether oxygens (including phenoxy) is 2. The monoisotopic (exact) mass is 470 g/mol. The molecule has 0 saturated carbocycles. The molecule has 0 spiro atoms. The van der Waals surface area contributed by atoms with Gasteiger partial charge in [-0.3, -0.25) is 0 Å². The maximum Gasteiger partial charge on any atom is 0.140 e. The summed E-state index contributed by atoms with van der Waals surface area (Å²) in [6.45, 7) is 8.46. The van der Waals surface area contributed by atoms with Crippen molar-refractivity contribution in [3.8, 4) is 0 Å². The minimum absolute atomic E-state index is 0.826. The Balaban J connectivity index is 3.28. The molecule has 0 radical (unpaired) electrons. The molecule has 0 aromatic heterocycles. The number of halogens is 2. The van der Waals surface area contributed by atoms with E-state index in [9.17, 15) is 0 Å². The van der Waals surface area contributed by atoms with E-state index < -0.39 is 0 Å². The van der Waals surface area contributed by atoms with Crippen LogP contribution in [-0.2, 0) is 9.47 Å². The lowest BCUT2D eigenvalue weighted by molar-refractivity contribution is 0.284. The highest BCUT2D eigenvalue weighted by atomic mass is 79.9. The van der Waals surface area contributed by atoms with Gasteiger partial charge in [0.1, 0.15) is 11.5 Å². The predicted octanol–water partition coefficient (Wildman–Crippen LogP) is 7.46. The van der Waals surface area contributed by atoms with Crippen LogP contribution < -0.4 is 0 Å². The fourth-order valence-corrected chi connectivity index (χ4v) is 3.83. The fraction of sp³-hybridized carbons (Fsp3) is 0.429. The Morgan fingerprint density at radius 2 is 2.08 bits per heavy atom. The van der Waals surface area contributed by atoms with E-state index in [4.69, 9.17) is 9.47 Å². The molecule has 25 heavy (non-hydrogen) atoms. The third kappa shape index (κ3) is 6.67. The van der Waals surface area contributed by atoms with Crippen LogP contribution in [0.4, 0.5) is 0 Å². The largest absolute Gasteiger partial charge is 0.501 e. The van der Waals surface area contributed by atoms with E-state index in [1.54, 1.807) is 14.2 Å². The van der Waals surface area contributed by atoms with E-state index in [0.717, 1.165) is 64.8 Å². The van der Waals surface area contributed by atoms with E-state index in [1.807, 2.05) is 11.9 Å². The quantitative estimate of drug-likeness (QED) is 0.207. The van der Waals surface area contributed by atoms with Crippen LogP contribution >= 0.6 is 31.9 Å². The van der Waals surface area contributed by atoms with E-state index in [0.29, 0.717) is 0 Å². The van der Waals surface area contributed by atoms with Gasteiger partial charge in [0.2, 0.25) is 0 Å². The Bertz CT molecular complexity index is 634. The minimum Gasteiger partial charge on any atom is -0.501 e. The summed E-state index contributed by atoms with van der Waals surface area (Å²) in [6, 6.07) is 0. The van der Waals surface area contributed by atoms with Crippen molar-refractivity contribution in [2.24, 2.45) is 0 Å². The van der Waals surface area contributed by atoms with Gasteiger partial charge < -0.3 is 9.47 Å². The van der Waals surface area contributed by atoms with Crippen molar-refractivity contribution >= 4 is 31.9 Å². The molecule has 0 fully saturated rings. The van der Waals surface area contributed by atoms with Gasteiger partial charge in [-0.15, -0.1) is 0 Å². The average molecular weight is 472 g/mol. The lowest BCUT2D eigenvalue weighted by atomic mass is 9.90. The number of rotatable bonds is 8. The van der Waals surface area contributed by atoms with Gasteiger partial charge in [-0.1, -0.05) is 40.2 Å². The maximum absolute atomic E-state index is 5.74. The maximum atomic E-state index is 5.74. The molecule has 1 rings (SSSR count). The Labute approximate surface area is 169 Å². The van der Waals surface area contributed by atoms with Crippen LogP contribution in [0.2, 0.25) is 0 Å². The lowest BCUT2D eigenvalue weighted by Crippen LogP contribution is -2.06. The zero-order valence-electron chi connectivity index (χ0n) is 15.6. The molecule has 2 nitrogen and oxygen atoms in total. The van der Waals surface area contributed by atoms with Gasteiger partial charge in [0.05, 0.1) is 18.7 Å². The molecule has 0 unspecified atom stereocenters. The van der Waals surface area contributed by atoms with Crippen LogP contribution in [0.15, 0.2) is 68.1 Å². The zero-order valence-corrected chi connectivity index (χ0v) is 18.8. The van der Waals surface area contributed by atoms with Gasteiger partial charge in [0.25, 0.3) is 0 Å². The van der Waals surface area contributed by atoms with Gasteiger partial charge >= 0.3 is 0 Å². The molecule has 4 heteroatoms. The van der Waals surface area contributed by atoms with Crippen LogP contribution in [0.3, 0.4) is 0 Å². The Hall–Kier alpha value is -1.00. The normalized spacial score (nSPS) is 18.8. The fourth-order valence-electron chi connectivity index (χ4n) is 2.80. The Morgan fingerprint density at radius 1 is 1.36 bits per heavy atom. The van der Waals surface area contributed by atoms with Crippen LogP contribution in [0.1, 0.15) is 46.0 Å². The van der Waals surface area contributed by atoms with E-state index in [2.05, 4.69) is 63.6 Å². The first kappa shape index (κ1) is 22.0. The first-order valence-electron chi connectivity index (χ1n) is 8.46. The van der Waals surface area contributed by atoms with Gasteiger partial charge in [0, 0.05) is 11.1 Å². The standard InChI is InChI=1S/C21H28Br2O2/c1-15-10-9-12-18(21(25-5)19(23)14-15)20(17(3)24-4)16(2)11-7-6-8-13-22/h8,12-14H,2,6-7,9-11H2,1,3-5H3/b13-8?,15-14+,18-12?,20-17-,21-19?. The lowest BCUT2D eigenvalue weighted by Gasteiger charge is -2.21. The summed E-state index contributed by atoms with van der Waals surface area (Å²) < 4.78 is 12.3. The van der Waals surface area contributed by atoms with Gasteiger partial charge in [-0.25, -0.2) is 0 Å². The molecule has 0 saturated heterocycles. The van der Waals surface area contributed by atoms with Crippen molar-refractivity contribution < 1.29 is 9.47 Å². The molecule has 138 valence electrons. The highest BCUT2D eigenvalue weighted by molar-refractivity contribution is 9.12. The molecule has 0 bridgehead atoms. The summed E-state index contributed by atoms with van der Waals surface area (Å²) in [5.41, 5.74) is 4.50. The average Bonchev–Trinajstić information content (AvgIpc) is 2.57. The summed E-state index contributed by atoms with van der Waals surface area (Å²) in [6.07, 6.45) is 11.4. The van der Waals surface area contributed by atoms with Crippen LogP contribution in [-0.4, -0.2) is 14.2 Å². The molecular formula is C21H28Br2O2. The van der Waals surface area contributed by atoms with Crippen molar-refractivity contribution in [3.05, 3.63) is 68.1 Å². The molecule has 0 aromatic carbocycles. The van der Waals surface area contributed by atoms with Crippen LogP contribution in [0.5, 0.6) is 0 Å². The number of hydrogen-bond donors (Lipinski definition) is 0. The van der Waals surface area contributed by atoms with Gasteiger partial charge in [0.15, 0.2) is 0 Å². The molecule has 0 heterocycles. The summed E-state index contributed by atoms with van der Waals surface area (Å²) in [5, 5.41) is 0. The number of allylic oxidation sites excluding steroid dienone is 8. The third-order valence-corrected chi connectivity index (χ3v) is 5.11. The molecule has 0 aromatic rings. The summed E-state index contributed by atoms with van der Waals surface area (Å²) in [4.78, 5) is 1.90. The molecule has 1 aliphatic carbocycles. The predicted molar refractivity (Wildman–Crippen MR) is 115 cm³/mol.